The van der Waals surface area contributed by atoms with Crippen molar-refractivity contribution >= 4 is 42.2 Å². The molecular formula is C19H38N4O4S2. The van der Waals surface area contributed by atoms with Crippen molar-refractivity contribution in [3.8, 4) is 0 Å². The molecule has 0 rings (SSSR count). The van der Waals surface area contributed by atoms with Gasteiger partial charge >= 0.3 is 5.97 Å². The molecule has 0 aliphatic carbocycles. The molecule has 0 heterocycles. The molecule has 10 heteroatoms. The Bertz CT molecular complexity index is 536. The summed E-state index contributed by atoms with van der Waals surface area (Å²) in [6.07, 6.45) is 3.55. The maximum Gasteiger partial charge on any atom is 0.326 e. The van der Waals surface area contributed by atoms with E-state index in [0.717, 1.165) is 6.42 Å². The van der Waals surface area contributed by atoms with Gasteiger partial charge in [-0.15, -0.1) is 0 Å². The Morgan fingerprint density at radius 2 is 1.83 bits per heavy atom. The first-order chi connectivity index (χ1) is 13.5. The lowest BCUT2D eigenvalue weighted by Crippen LogP contribution is -2.69. The number of carboxylic acid groups (broad SMARTS) is 1. The summed E-state index contributed by atoms with van der Waals surface area (Å²) >= 11 is 5.67. The summed E-state index contributed by atoms with van der Waals surface area (Å²) < 4.78 is 0. The maximum absolute atomic E-state index is 13.0. The zero-order valence-electron chi connectivity index (χ0n) is 18.2. The van der Waals surface area contributed by atoms with Crippen LogP contribution in [0, 0.1) is 11.8 Å². The molecule has 29 heavy (non-hydrogen) atoms. The summed E-state index contributed by atoms with van der Waals surface area (Å²) in [5.74, 6) is -1.24. The fourth-order valence-corrected chi connectivity index (χ4v) is 3.27. The van der Waals surface area contributed by atoms with Gasteiger partial charge in [-0.25, -0.2) is 4.79 Å². The zero-order chi connectivity index (χ0) is 22.6. The lowest BCUT2D eigenvalue weighted by atomic mass is 9.92. The molecule has 2 amide bonds. The predicted octanol–water partition coefficient (Wildman–Crippen LogP) is 1.06. The number of thioether (sulfide) groups is 1. The molecule has 0 bridgehead atoms. The summed E-state index contributed by atoms with van der Waals surface area (Å²) in [7, 11) is 0. The van der Waals surface area contributed by atoms with E-state index in [4.69, 9.17) is 5.73 Å². The number of rotatable bonds is 15. The van der Waals surface area contributed by atoms with Gasteiger partial charge in [0.15, 0.2) is 0 Å². The van der Waals surface area contributed by atoms with Crippen molar-refractivity contribution in [3.63, 3.8) is 0 Å². The molecule has 0 aromatic carbocycles. The molecule has 0 unspecified atom stereocenters. The van der Waals surface area contributed by atoms with Crippen molar-refractivity contribution in [1.82, 2.24) is 16.0 Å². The molecule has 0 radical (unpaired) electrons. The van der Waals surface area contributed by atoms with Gasteiger partial charge in [0.2, 0.25) is 5.91 Å². The van der Waals surface area contributed by atoms with Gasteiger partial charge < -0.3 is 21.5 Å². The van der Waals surface area contributed by atoms with E-state index in [1.54, 1.807) is 0 Å². The third-order valence-corrected chi connectivity index (χ3v) is 6.01. The summed E-state index contributed by atoms with van der Waals surface area (Å²) in [6, 6.07) is -1.88. The van der Waals surface area contributed by atoms with E-state index < -0.39 is 35.5 Å². The van der Waals surface area contributed by atoms with Gasteiger partial charge in [0.25, 0.3) is 5.91 Å². The monoisotopic (exact) mass is 450 g/mol. The highest BCUT2D eigenvalue weighted by atomic mass is 32.2. The van der Waals surface area contributed by atoms with Gasteiger partial charge in [-0.2, -0.15) is 24.4 Å². The average Bonchev–Trinajstić information content (AvgIpc) is 2.67. The molecule has 0 aliphatic rings. The van der Waals surface area contributed by atoms with E-state index in [-0.39, 0.29) is 11.8 Å². The van der Waals surface area contributed by atoms with E-state index in [9.17, 15) is 19.5 Å². The van der Waals surface area contributed by atoms with Crippen molar-refractivity contribution < 1.29 is 19.5 Å². The molecule has 0 saturated heterocycles. The molecule has 0 aromatic heterocycles. The van der Waals surface area contributed by atoms with Crippen LogP contribution in [0.3, 0.4) is 0 Å². The van der Waals surface area contributed by atoms with Gasteiger partial charge in [0, 0.05) is 0 Å². The van der Waals surface area contributed by atoms with Crippen LogP contribution in [0.4, 0.5) is 0 Å². The van der Waals surface area contributed by atoms with Crippen LogP contribution in [0.2, 0.25) is 0 Å². The summed E-state index contributed by atoms with van der Waals surface area (Å²) in [5.41, 5.74) is 5.01. The first kappa shape index (κ1) is 28.0. The summed E-state index contributed by atoms with van der Waals surface area (Å²) in [4.78, 5) is 37.3. The van der Waals surface area contributed by atoms with Crippen molar-refractivity contribution in [3.05, 3.63) is 0 Å². The minimum atomic E-state index is -1.35. The molecule has 0 aromatic rings. The Hall–Kier alpha value is -0.970. The van der Waals surface area contributed by atoms with Gasteiger partial charge in [0.05, 0.1) is 0 Å². The largest absolute Gasteiger partial charge is 0.480 e. The predicted molar refractivity (Wildman–Crippen MR) is 122 cm³/mol. The second kappa shape index (κ2) is 14.1. The minimum absolute atomic E-state index is 0.192. The van der Waals surface area contributed by atoms with Crippen LogP contribution < -0.4 is 21.7 Å². The second-order valence-electron chi connectivity index (χ2n) is 7.55. The molecule has 0 saturated carbocycles. The van der Waals surface area contributed by atoms with Crippen LogP contribution in [0.15, 0.2) is 0 Å². The molecule has 6 N–H and O–H groups in total. The number of hydrogen-bond donors (Lipinski definition) is 6. The Balaban J connectivity index is 5.41. The van der Waals surface area contributed by atoms with Gasteiger partial charge in [-0.1, -0.05) is 34.1 Å². The Morgan fingerprint density at radius 1 is 1.21 bits per heavy atom. The van der Waals surface area contributed by atoms with Gasteiger partial charge in [0.1, 0.15) is 17.7 Å². The number of amides is 2. The number of aliphatic carboxylic acids is 1. The van der Waals surface area contributed by atoms with Crippen LogP contribution in [0.1, 0.15) is 47.0 Å². The third kappa shape index (κ3) is 9.15. The van der Waals surface area contributed by atoms with E-state index >= 15 is 0 Å². The van der Waals surface area contributed by atoms with E-state index in [1.165, 1.54) is 11.8 Å². The van der Waals surface area contributed by atoms with Crippen LogP contribution >= 0.6 is 24.4 Å². The SMILES string of the molecule is CC[C@H](C)[C@H](NC(=O)[C@](N)(NCCCS)C(C)C)C(=O)N[C@@H](CCSC)C(=O)O. The van der Waals surface area contributed by atoms with Crippen LogP contribution in [-0.4, -0.2) is 64.9 Å². The molecular weight excluding hydrogens is 412 g/mol. The van der Waals surface area contributed by atoms with Crippen molar-refractivity contribution in [2.45, 2.75) is 64.7 Å². The Kier molecular flexibility index (Phi) is 13.6. The molecule has 8 nitrogen and oxygen atoms in total. The number of nitrogens with two attached hydrogens (primary N) is 1. The lowest BCUT2D eigenvalue weighted by Gasteiger charge is -2.35. The minimum Gasteiger partial charge on any atom is -0.480 e. The molecule has 0 aliphatic heterocycles. The number of thiol groups is 1. The standard InChI is InChI=1S/C19H38N4O4S2/c1-6-13(4)15(16(24)22-14(17(25)26)8-11-29-5)23-18(27)19(20,12(2)3)21-9-7-10-28/h12-15,21,28H,6-11,20H2,1-5H3,(H,22,24)(H,23,27)(H,25,26)/t13-,14-,15-,19+/m0/s1. The highest BCUT2D eigenvalue weighted by molar-refractivity contribution is 7.98. The molecule has 170 valence electrons. The number of carbonyl (C=O) groups is 3. The quantitative estimate of drug-likeness (QED) is 0.125. The first-order valence-corrected chi connectivity index (χ1v) is 12.1. The van der Waals surface area contributed by atoms with Crippen molar-refractivity contribution in [2.75, 3.05) is 24.3 Å². The highest BCUT2D eigenvalue weighted by Gasteiger charge is 2.40. The highest BCUT2D eigenvalue weighted by Crippen LogP contribution is 2.15. The maximum atomic E-state index is 13.0. The second-order valence-corrected chi connectivity index (χ2v) is 8.98. The smallest absolute Gasteiger partial charge is 0.326 e. The van der Waals surface area contributed by atoms with E-state index in [0.29, 0.717) is 30.9 Å². The Labute approximate surface area is 184 Å². The van der Waals surface area contributed by atoms with Crippen LogP contribution in [0.25, 0.3) is 0 Å². The van der Waals surface area contributed by atoms with Gasteiger partial charge in [-0.05, 0) is 49.0 Å². The van der Waals surface area contributed by atoms with Crippen LogP contribution in [-0.2, 0) is 14.4 Å². The van der Waals surface area contributed by atoms with Crippen molar-refractivity contribution in [1.29, 1.82) is 0 Å². The van der Waals surface area contributed by atoms with E-state index in [2.05, 4.69) is 28.6 Å². The third-order valence-electron chi connectivity index (χ3n) is 5.05. The molecule has 0 fully saturated rings. The molecule has 4 atom stereocenters. The topological polar surface area (TPSA) is 134 Å². The zero-order valence-corrected chi connectivity index (χ0v) is 19.9. The van der Waals surface area contributed by atoms with E-state index in [1.807, 2.05) is 34.0 Å². The normalized spacial score (nSPS) is 16.6. The molecule has 0 spiro atoms. The van der Waals surface area contributed by atoms with Crippen LogP contribution in [0.5, 0.6) is 0 Å². The number of carboxylic acids is 1. The number of hydrogen-bond acceptors (Lipinski definition) is 7. The fraction of sp³-hybridized carbons (Fsp3) is 0.842. The van der Waals surface area contributed by atoms with Crippen molar-refractivity contribution in [2.24, 2.45) is 17.6 Å². The average molecular weight is 451 g/mol. The first-order valence-electron chi connectivity index (χ1n) is 10.0. The Morgan fingerprint density at radius 3 is 2.28 bits per heavy atom. The number of carbonyl (C=O) groups excluding carboxylic acids is 2. The summed E-state index contributed by atoms with van der Waals surface area (Å²) in [5, 5.41) is 17.8. The lowest BCUT2D eigenvalue weighted by molar-refractivity contribution is -0.142. The van der Waals surface area contributed by atoms with Gasteiger partial charge in [-0.3, -0.25) is 14.9 Å². The fourth-order valence-electron chi connectivity index (χ4n) is 2.64. The summed E-state index contributed by atoms with van der Waals surface area (Å²) in [6.45, 7) is 7.91. The number of nitrogens with one attached hydrogen (secondary N) is 3.